The Morgan fingerprint density at radius 1 is 0.783 bits per heavy atom. The van der Waals surface area contributed by atoms with Crippen molar-refractivity contribution in [3.05, 3.63) is 0 Å². The number of morpholine rings is 1. The molecule has 2 saturated heterocycles. The fraction of sp³-hybridized carbons (Fsp3) is 1.00. The monoisotopic (exact) mass is 329 g/mol. The third kappa shape index (κ3) is 6.64. The maximum absolute atomic E-state index is 10.3. The summed E-state index contributed by atoms with van der Waals surface area (Å²) in [5.41, 5.74) is -0.0640. The van der Waals surface area contributed by atoms with E-state index in [1.807, 2.05) is 0 Å². The second kappa shape index (κ2) is 8.74. The van der Waals surface area contributed by atoms with Gasteiger partial charge in [-0.15, -0.1) is 0 Å². The standard InChI is InChI=1S/C17H35N3O3/c1-17(2,3)16(22)14-19-6-4-18(5-7-19)12-15(21)13-20-8-10-23-11-9-20/h15-16,21-22H,4-14H2,1-3H3/t15-,16-/m1/s1. The van der Waals surface area contributed by atoms with E-state index in [0.717, 1.165) is 72.1 Å². The first-order valence-electron chi connectivity index (χ1n) is 8.95. The molecule has 0 aromatic heterocycles. The van der Waals surface area contributed by atoms with Crippen molar-refractivity contribution < 1.29 is 14.9 Å². The minimum Gasteiger partial charge on any atom is -0.391 e. The van der Waals surface area contributed by atoms with Crippen LogP contribution in [0.5, 0.6) is 0 Å². The molecule has 2 atom stereocenters. The fourth-order valence-electron chi connectivity index (χ4n) is 3.11. The lowest BCUT2D eigenvalue weighted by atomic mass is 9.89. The van der Waals surface area contributed by atoms with E-state index in [2.05, 4.69) is 35.5 Å². The quantitative estimate of drug-likeness (QED) is 0.698. The summed E-state index contributed by atoms with van der Waals surface area (Å²) in [5.74, 6) is 0. The molecule has 0 spiro atoms. The molecule has 2 fully saturated rings. The third-order valence-corrected chi connectivity index (χ3v) is 4.94. The smallest absolute Gasteiger partial charge is 0.0793 e. The normalized spacial score (nSPS) is 25.4. The summed E-state index contributed by atoms with van der Waals surface area (Å²) in [4.78, 5) is 6.95. The molecule has 0 unspecified atom stereocenters. The number of β-amino-alcohol motifs (C(OH)–C–C–N with tert-alkyl or cyclic N) is 2. The summed E-state index contributed by atoms with van der Waals surface area (Å²) in [6.45, 7) is 15.8. The van der Waals surface area contributed by atoms with E-state index >= 15 is 0 Å². The Bertz CT molecular complexity index is 334. The topological polar surface area (TPSA) is 59.4 Å². The Morgan fingerprint density at radius 2 is 1.22 bits per heavy atom. The van der Waals surface area contributed by atoms with Crippen LogP contribution < -0.4 is 0 Å². The molecular weight excluding hydrogens is 294 g/mol. The zero-order chi connectivity index (χ0) is 16.9. The fourth-order valence-corrected chi connectivity index (χ4v) is 3.11. The van der Waals surface area contributed by atoms with E-state index in [9.17, 15) is 10.2 Å². The van der Waals surface area contributed by atoms with E-state index in [0.29, 0.717) is 0 Å². The van der Waals surface area contributed by atoms with Crippen molar-refractivity contribution >= 4 is 0 Å². The molecule has 0 aromatic carbocycles. The van der Waals surface area contributed by atoms with Crippen LogP contribution >= 0.6 is 0 Å². The van der Waals surface area contributed by atoms with E-state index in [1.54, 1.807) is 0 Å². The molecule has 2 heterocycles. The zero-order valence-electron chi connectivity index (χ0n) is 15.1. The average Bonchev–Trinajstić information content (AvgIpc) is 2.49. The number of hydrogen-bond donors (Lipinski definition) is 2. The molecule has 2 N–H and O–H groups in total. The van der Waals surface area contributed by atoms with E-state index < -0.39 is 0 Å². The molecule has 0 radical (unpaired) electrons. The lowest BCUT2D eigenvalue weighted by Crippen LogP contribution is -2.52. The second-order valence-electron chi connectivity index (χ2n) is 8.05. The van der Waals surface area contributed by atoms with Crippen molar-refractivity contribution in [1.82, 2.24) is 14.7 Å². The highest BCUT2D eigenvalue weighted by Gasteiger charge is 2.27. The van der Waals surface area contributed by atoms with Gasteiger partial charge in [-0.05, 0) is 5.41 Å². The highest BCUT2D eigenvalue weighted by atomic mass is 16.5. The SMILES string of the molecule is CC(C)(C)[C@H](O)CN1CCN(C[C@@H](O)CN2CCOCC2)CC1. The van der Waals surface area contributed by atoms with Crippen molar-refractivity contribution in [3.8, 4) is 0 Å². The molecule has 6 nitrogen and oxygen atoms in total. The molecule has 0 saturated carbocycles. The number of nitrogens with zero attached hydrogens (tertiary/aromatic N) is 3. The number of ether oxygens (including phenoxy) is 1. The Hall–Kier alpha value is -0.240. The number of rotatable bonds is 6. The molecule has 0 amide bonds. The van der Waals surface area contributed by atoms with Crippen LogP contribution in [0.15, 0.2) is 0 Å². The van der Waals surface area contributed by atoms with Crippen molar-refractivity contribution in [3.63, 3.8) is 0 Å². The maximum atomic E-state index is 10.3. The van der Waals surface area contributed by atoms with Gasteiger partial charge >= 0.3 is 0 Å². The number of hydrogen-bond acceptors (Lipinski definition) is 6. The predicted molar refractivity (Wildman–Crippen MR) is 91.6 cm³/mol. The molecule has 2 aliphatic rings. The van der Waals surface area contributed by atoms with Gasteiger partial charge in [0.25, 0.3) is 0 Å². The molecule has 0 bridgehead atoms. The lowest BCUT2D eigenvalue weighted by Gasteiger charge is -2.39. The Kier molecular flexibility index (Phi) is 7.25. The third-order valence-electron chi connectivity index (χ3n) is 4.94. The molecule has 0 aromatic rings. The number of aliphatic hydroxyl groups is 2. The highest BCUT2D eigenvalue weighted by Crippen LogP contribution is 2.20. The van der Waals surface area contributed by atoms with Crippen LogP contribution in [-0.4, -0.2) is 109 Å². The van der Waals surface area contributed by atoms with Gasteiger partial charge in [0.1, 0.15) is 0 Å². The summed E-state index contributed by atoms with van der Waals surface area (Å²) in [5, 5.41) is 20.5. The molecular formula is C17H35N3O3. The summed E-state index contributed by atoms with van der Waals surface area (Å²) in [6, 6.07) is 0. The van der Waals surface area contributed by atoms with Gasteiger partial charge in [-0.2, -0.15) is 0 Å². The van der Waals surface area contributed by atoms with Gasteiger partial charge in [0.2, 0.25) is 0 Å². The van der Waals surface area contributed by atoms with Crippen LogP contribution in [0.2, 0.25) is 0 Å². The Balaban J connectivity index is 1.64. The first-order valence-corrected chi connectivity index (χ1v) is 8.95. The number of piperazine rings is 1. The van der Waals surface area contributed by atoms with Crippen molar-refractivity contribution in [2.24, 2.45) is 5.41 Å². The largest absolute Gasteiger partial charge is 0.391 e. The van der Waals surface area contributed by atoms with Crippen molar-refractivity contribution in [2.75, 3.05) is 72.1 Å². The second-order valence-corrected chi connectivity index (χ2v) is 8.05. The molecule has 2 aliphatic heterocycles. The van der Waals surface area contributed by atoms with Crippen LogP contribution in [0.4, 0.5) is 0 Å². The van der Waals surface area contributed by atoms with Gasteiger partial charge in [0.15, 0.2) is 0 Å². The first-order chi connectivity index (χ1) is 10.8. The van der Waals surface area contributed by atoms with Crippen LogP contribution in [0.25, 0.3) is 0 Å². The zero-order valence-corrected chi connectivity index (χ0v) is 15.1. The van der Waals surface area contributed by atoms with Gasteiger partial charge in [0, 0.05) is 58.9 Å². The molecule has 0 aliphatic carbocycles. The van der Waals surface area contributed by atoms with E-state index in [-0.39, 0.29) is 17.6 Å². The van der Waals surface area contributed by atoms with Crippen molar-refractivity contribution in [2.45, 2.75) is 33.0 Å². The van der Waals surface area contributed by atoms with Gasteiger partial charge in [-0.25, -0.2) is 0 Å². The summed E-state index contributed by atoms with van der Waals surface area (Å²) in [6.07, 6.45) is -0.583. The predicted octanol–water partition coefficient (Wildman–Crippen LogP) is -0.296. The maximum Gasteiger partial charge on any atom is 0.0793 e. The molecule has 136 valence electrons. The minimum atomic E-state index is -0.292. The van der Waals surface area contributed by atoms with Crippen LogP contribution in [0, 0.1) is 5.41 Å². The molecule has 6 heteroatoms. The van der Waals surface area contributed by atoms with Gasteiger partial charge in [-0.3, -0.25) is 14.7 Å². The highest BCUT2D eigenvalue weighted by molar-refractivity contribution is 4.81. The lowest BCUT2D eigenvalue weighted by molar-refractivity contribution is -0.00723. The van der Waals surface area contributed by atoms with Gasteiger partial charge < -0.3 is 14.9 Å². The first kappa shape index (κ1) is 19.1. The summed E-state index contributed by atoms with van der Waals surface area (Å²) < 4.78 is 5.34. The minimum absolute atomic E-state index is 0.0640. The van der Waals surface area contributed by atoms with E-state index in [4.69, 9.17) is 4.74 Å². The van der Waals surface area contributed by atoms with Crippen LogP contribution in [0.1, 0.15) is 20.8 Å². The molecule has 23 heavy (non-hydrogen) atoms. The van der Waals surface area contributed by atoms with Gasteiger partial charge in [0.05, 0.1) is 25.4 Å². The molecule has 2 rings (SSSR count). The summed E-state index contributed by atoms with van der Waals surface area (Å²) in [7, 11) is 0. The van der Waals surface area contributed by atoms with Gasteiger partial charge in [-0.1, -0.05) is 20.8 Å². The van der Waals surface area contributed by atoms with Crippen LogP contribution in [0.3, 0.4) is 0 Å². The summed E-state index contributed by atoms with van der Waals surface area (Å²) >= 11 is 0. The Labute approximate surface area is 141 Å². The van der Waals surface area contributed by atoms with E-state index in [1.165, 1.54) is 0 Å². The van der Waals surface area contributed by atoms with Crippen molar-refractivity contribution in [1.29, 1.82) is 0 Å². The van der Waals surface area contributed by atoms with Crippen LogP contribution in [-0.2, 0) is 4.74 Å². The number of aliphatic hydroxyl groups excluding tert-OH is 2. The Morgan fingerprint density at radius 3 is 1.70 bits per heavy atom. The average molecular weight is 329 g/mol.